The van der Waals surface area contributed by atoms with Crippen LogP contribution in [0.3, 0.4) is 0 Å². The summed E-state index contributed by atoms with van der Waals surface area (Å²) in [6, 6.07) is 15.0. The quantitative estimate of drug-likeness (QED) is 0.685. The first-order chi connectivity index (χ1) is 12.6. The number of nitrogens with one attached hydrogen (secondary N) is 2. The summed E-state index contributed by atoms with van der Waals surface area (Å²) in [5, 5.41) is 6.31. The van der Waals surface area contributed by atoms with Gasteiger partial charge in [-0.3, -0.25) is 9.59 Å². The van der Waals surface area contributed by atoms with E-state index in [4.69, 9.17) is 16.3 Å². The van der Waals surface area contributed by atoms with Crippen LogP contribution < -0.4 is 10.6 Å². The van der Waals surface area contributed by atoms with Crippen molar-refractivity contribution >= 4 is 40.9 Å². The lowest BCUT2D eigenvalue weighted by atomic mass is 10.2. The van der Waals surface area contributed by atoms with E-state index in [0.29, 0.717) is 23.0 Å². The Morgan fingerprint density at radius 1 is 1.08 bits per heavy atom. The average Bonchev–Trinajstić information content (AvgIpc) is 2.60. The molecule has 0 aromatic heterocycles. The number of methoxy groups -OCH3 is 1. The first kappa shape index (κ1) is 20.3. The summed E-state index contributed by atoms with van der Waals surface area (Å²) in [7, 11) is 1.47. The van der Waals surface area contributed by atoms with Crippen molar-refractivity contribution in [3.63, 3.8) is 0 Å². The number of carbonyl (C=O) groups excluding carboxylic acids is 2. The van der Waals surface area contributed by atoms with E-state index in [1.807, 2.05) is 42.5 Å². The Bertz CT molecular complexity index is 755. The van der Waals surface area contributed by atoms with Gasteiger partial charge in [-0.15, -0.1) is 11.8 Å². The van der Waals surface area contributed by atoms with Crippen LogP contribution in [0.25, 0.3) is 0 Å². The fraction of sp³-hybridized carbons (Fsp3) is 0.263. The van der Waals surface area contributed by atoms with E-state index in [1.165, 1.54) is 18.9 Å². The summed E-state index contributed by atoms with van der Waals surface area (Å²) in [5.74, 6) is 0.850. The minimum Gasteiger partial charge on any atom is -0.375 e. The van der Waals surface area contributed by atoms with E-state index in [-0.39, 0.29) is 18.4 Å². The highest BCUT2D eigenvalue weighted by Gasteiger charge is 2.05. The van der Waals surface area contributed by atoms with E-state index >= 15 is 0 Å². The van der Waals surface area contributed by atoms with Crippen molar-refractivity contribution in [1.82, 2.24) is 5.32 Å². The molecule has 2 aromatic carbocycles. The molecule has 2 N–H and O–H groups in total. The van der Waals surface area contributed by atoms with Gasteiger partial charge in [0.25, 0.3) is 0 Å². The molecule has 0 fully saturated rings. The zero-order valence-corrected chi connectivity index (χ0v) is 16.0. The molecule has 2 rings (SSSR count). The first-order valence-corrected chi connectivity index (χ1v) is 9.56. The summed E-state index contributed by atoms with van der Waals surface area (Å²) >= 11 is 7.48. The van der Waals surface area contributed by atoms with Crippen molar-refractivity contribution in [3.05, 3.63) is 64.7 Å². The Kier molecular flexibility index (Phi) is 8.47. The predicted octanol–water partition coefficient (Wildman–Crippen LogP) is 3.47. The van der Waals surface area contributed by atoms with Crippen LogP contribution in [0, 0.1) is 0 Å². The number of anilines is 1. The van der Waals surface area contributed by atoms with Crippen LogP contribution in [0.1, 0.15) is 11.1 Å². The highest BCUT2D eigenvalue weighted by molar-refractivity contribution is 7.99. The van der Waals surface area contributed by atoms with Crippen molar-refractivity contribution in [2.75, 3.05) is 24.8 Å². The topological polar surface area (TPSA) is 67.4 Å². The Labute approximate surface area is 162 Å². The maximum absolute atomic E-state index is 12.0. The van der Waals surface area contributed by atoms with Crippen molar-refractivity contribution in [3.8, 4) is 0 Å². The number of amides is 2. The molecule has 0 saturated carbocycles. The SMILES string of the molecule is COCC(=O)Nc1cccc(CNC(=O)CSCc2cccc(Cl)c2)c1. The molecule has 0 saturated heterocycles. The van der Waals surface area contributed by atoms with Crippen molar-refractivity contribution in [2.45, 2.75) is 12.3 Å². The lowest BCUT2D eigenvalue weighted by Crippen LogP contribution is -2.24. The fourth-order valence-electron chi connectivity index (χ4n) is 2.23. The Morgan fingerprint density at radius 2 is 1.85 bits per heavy atom. The number of benzene rings is 2. The van der Waals surface area contributed by atoms with E-state index in [0.717, 1.165) is 16.9 Å². The van der Waals surface area contributed by atoms with Gasteiger partial charge in [-0.05, 0) is 35.4 Å². The largest absolute Gasteiger partial charge is 0.375 e. The molecule has 138 valence electrons. The van der Waals surface area contributed by atoms with Crippen molar-refractivity contribution in [2.24, 2.45) is 0 Å². The average molecular weight is 393 g/mol. The second-order valence-electron chi connectivity index (χ2n) is 5.58. The van der Waals surface area contributed by atoms with E-state index in [2.05, 4.69) is 10.6 Å². The first-order valence-electron chi connectivity index (χ1n) is 8.03. The summed E-state index contributed by atoms with van der Waals surface area (Å²) in [6.07, 6.45) is 0. The molecule has 0 unspecified atom stereocenters. The van der Waals surface area contributed by atoms with Gasteiger partial charge in [0.2, 0.25) is 11.8 Å². The summed E-state index contributed by atoms with van der Waals surface area (Å²) in [6.45, 7) is 0.412. The Morgan fingerprint density at radius 3 is 2.62 bits per heavy atom. The van der Waals surface area contributed by atoms with E-state index in [1.54, 1.807) is 6.07 Å². The standard InChI is InChI=1S/C19H21ClN2O3S/c1-25-11-18(23)22-17-7-3-4-14(9-17)10-21-19(24)13-26-12-15-5-2-6-16(20)8-15/h2-9H,10-13H2,1H3,(H,21,24)(H,22,23). The van der Waals surface area contributed by atoms with Gasteiger partial charge < -0.3 is 15.4 Å². The number of halogens is 1. The number of thioether (sulfide) groups is 1. The molecule has 0 atom stereocenters. The predicted molar refractivity (Wildman–Crippen MR) is 106 cm³/mol. The van der Waals surface area contributed by atoms with Crippen LogP contribution in [0.2, 0.25) is 5.02 Å². The molecule has 7 heteroatoms. The number of hydrogen-bond donors (Lipinski definition) is 2. The molecule has 0 aliphatic rings. The van der Waals surface area contributed by atoms with Gasteiger partial charge in [0.15, 0.2) is 0 Å². The second-order valence-corrected chi connectivity index (χ2v) is 7.00. The minimum absolute atomic E-state index is 0.00477. The minimum atomic E-state index is -0.217. The monoisotopic (exact) mass is 392 g/mol. The highest BCUT2D eigenvalue weighted by Crippen LogP contribution is 2.16. The van der Waals surface area contributed by atoms with Crippen LogP contribution in [0.4, 0.5) is 5.69 Å². The van der Waals surface area contributed by atoms with Crippen LogP contribution in [0.15, 0.2) is 48.5 Å². The van der Waals surface area contributed by atoms with Gasteiger partial charge in [-0.1, -0.05) is 35.9 Å². The second kappa shape index (κ2) is 10.9. The summed E-state index contributed by atoms with van der Waals surface area (Å²) in [4.78, 5) is 23.5. The van der Waals surface area contributed by atoms with Gasteiger partial charge in [0.05, 0.1) is 5.75 Å². The van der Waals surface area contributed by atoms with Gasteiger partial charge in [0, 0.05) is 30.1 Å². The maximum atomic E-state index is 12.0. The zero-order valence-electron chi connectivity index (χ0n) is 14.5. The van der Waals surface area contributed by atoms with Crippen LogP contribution >= 0.6 is 23.4 Å². The van der Waals surface area contributed by atoms with Gasteiger partial charge in [-0.25, -0.2) is 0 Å². The summed E-state index contributed by atoms with van der Waals surface area (Å²) < 4.78 is 4.78. The molecule has 0 aliphatic heterocycles. The Hall–Kier alpha value is -2.02. The number of hydrogen-bond acceptors (Lipinski definition) is 4. The third kappa shape index (κ3) is 7.47. The summed E-state index contributed by atoms with van der Waals surface area (Å²) in [5.41, 5.74) is 2.68. The number of carbonyl (C=O) groups is 2. The smallest absolute Gasteiger partial charge is 0.250 e. The molecule has 2 amide bonds. The van der Waals surface area contributed by atoms with Gasteiger partial charge >= 0.3 is 0 Å². The molecular formula is C19H21ClN2O3S. The number of rotatable bonds is 9. The highest BCUT2D eigenvalue weighted by atomic mass is 35.5. The maximum Gasteiger partial charge on any atom is 0.250 e. The number of ether oxygens (including phenoxy) is 1. The molecule has 0 radical (unpaired) electrons. The normalized spacial score (nSPS) is 10.4. The van der Waals surface area contributed by atoms with Crippen LogP contribution in [-0.2, 0) is 26.6 Å². The lowest BCUT2D eigenvalue weighted by molar-refractivity contribution is -0.120. The fourth-order valence-corrected chi connectivity index (χ4v) is 3.24. The third-order valence-electron chi connectivity index (χ3n) is 3.37. The van der Waals surface area contributed by atoms with Gasteiger partial charge in [0.1, 0.15) is 6.61 Å². The van der Waals surface area contributed by atoms with Crippen LogP contribution in [-0.4, -0.2) is 31.3 Å². The molecule has 0 bridgehead atoms. The molecular weight excluding hydrogens is 372 g/mol. The molecule has 26 heavy (non-hydrogen) atoms. The molecule has 0 spiro atoms. The van der Waals surface area contributed by atoms with Crippen molar-refractivity contribution in [1.29, 1.82) is 0 Å². The molecule has 2 aromatic rings. The lowest BCUT2D eigenvalue weighted by Gasteiger charge is -2.09. The van der Waals surface area contributed by atoms with Crippen LogP contribution in [0.5, 0.6) is 0 Å². The molecule has 0 aliphatic carbocycles. The third-order valence-corrected chi connectivity index (χ3v) is 4.61. The van der Waals surface area contributed by atoms with E-state index < -0.39 is 0 Å². The van der Waals surface area contributed by atoms with Crippen molar-refractivity contribution < 1.29 is 14.3 Å². The molecule has 5 nitrogen and oxygen atoms in total. The van der Waals surface area contributed by atoms with E-state index in [9.17, 15) is 9.59 Å². The zero-order chi connectivity index (χ0) is 18.8. The molecule has 0 heterocycles. The van der Waals surface area contributed by atoms with Gasteiger partial charge in [-0.2, -0.15) is 0 Å². The Balaban J connectivity index is 1.74.